The SMILES string of the molecule is CCOc1c(Cl)cc(CNc2ccc(F)cc2C#N)cc1OC. The Hall–Kier alpha value is -2.45. The lowest BCUT2D eigenvalue weighted by Gasteiger charge is -2.14. The number of rotatable bonds is 6. The largest absolute Gasteiger partial charge is 0.493 e. The van der Waals surface area contributed by atoms with Crippen LogP contribution in [0.25, 0.3) is 0 Å². The molecule has 0 aliphatic rings. The van der Waals surface area contributed by atoms with Gasteiger partial charge in [-0.3, -0.25) is 0 Å². The standard InChI is InChI=1S/C17H16ClFN2O2/c1-3-23-17-14(18)6-11(7-16(17)22-2)10-21-15-5-4-13(19)8-12(15)9-20/h4-8,21H,3,10H2,1-2H3. The summed E-state index contributed by atoms with van der Waals surface area (Å²) in [5.74, 6) is 0.591. The van der Waals surface area contributed by atoms with Crippen LogP contribution in [0.2, 0.25) is 5.02 Å². The highest BCUT2D eigenvalue weighted by Crippen LogP contribution is 2.36. The zero-order chi connectivity index (χ0) is 16.8. The van der Waals surface area contributed by atoms with Crippen LogP contribution in [-0.2, 0) is 6.54 Å². The molecule has 2 aromatic carbocycles. The predicted molar refractivity (Wildman–Crippen MR) is 87.6 cm³/mol. The van der Waals surface area contributed by atoms with Crippen LogP contribution in [0, 0.1) is 17.1 Å². The first-order valence-electron chi connectivity index (χ1n) is 7.01. The first-order chi connectivity index (χ1) is 11.1. The Bertz CT molecular complexity index is 744. The van der Waals surface area contributed by atoms with E-state index in [1.165, 1.54) is 18.2 Å². The fraction of sp³-hybridized carbons (Fsp3) is 0.235. The van der Waals surface area contributed by atoms with E-state index in [9.17, 15) is 4.39 Å². The number of nitriles is 1. The number of nitrogens with one attached hydrogen (secondary N) is 1. The number of nitrogens with zero attached hydrogens (tertiary/aromatic N) is 1. The number of halogens is 2. The molecule has 1 N–H and O–H groups in total. The fourth-order valence-corrected chi connectivity index (χ4v) is 2.41. The van der Waals surface area contributed by atoms with Gasteiger partial charge in [0.1, 0.15) is 11.9 Å². The molecule has 4 nitrogen and oxygen atoms in total. The summed E-state index contributed by atoms with van der Waals surface area (Å²) in [6, 6.07) is 9.54. The summed E-state index contributed by atoms with van der Waals surface area (Å²) in [4.78, 5) is 0. The third-order valence-electron chi connectivity index (χ3n) is 3.16. The summed E-state index contributed by atoms with van der Waals surface area (Å²) in [5, 5.41) is 12.6. The number of methoxy groups -OCH3 is 1. The van der Waals surface area contributed by atoms with E-state index in [0.717, 1.165) is 5.56 Å². The van der Waals surface area contributed by atoms with Crippen molar-refractivity contribution in [3.63, 3.8) is 0 Å². The molecule has 0 aliphatic heterocycles. The van der Waals surface area contributed by atoms with Gasteiger partial charge >= 0.3 is 0 Å². The second kappa shape index (κ2) is 7.70. The molecule has 6 heteroatoms. The number of benzene rings is 2. The third-order valence-corrected chi connectivity index (χ3v) is 3.44. The number of anilines is 1. The summed E-state index contributed by atoms with van der Waals surface area (Å²) in [6.07, 6.45) is 0. The molecule has 0 spiro atoms. The van der Waals surface area contributed by atoms with Crippen LogP contribution < -0.4 is 14.8 Å². The molecular weight excluding hydrogens is 319 g/mol. The Morgan fingerprint density at radius 2 is 2.09 bits per heavy atom. The minimum atomic E-state index is -0.446. The minimum absolute atomic E-state index is 0.244. The number of hydrogen-bond donors (Lipinski definition) is 1. The maximum Gasteiger partial charge on any atom is 0.179 e. The van der Waals surface area contributed by atoms with Gasteiger partial charge in [-0.25, -0.2) is 4.39 Å². The van der Waals surface area contributed by atoms with Gasteiger partial charge in [-0.2, -0.15) is 5.26 Å². The second-order valence-corrected chi connectivity index (χ2v) is 5.10. The lowest BCUT2D eigenvalue weighted by molar-refractivity contribution is 0.311. The smallest absolute Gasteiger partial charge is 0.179 e. The average Bonchev–Trinajstić information content (AvgIpc) is 2.55. The van der Waals surface area contributed by atoms with E-state index < -0.39 is 5.82 Å². The number of ether oxygens (including phenoxy) is 2. The molecule has 0 aromatic heterocycles. The average molecular weight is 335 g/mol. The van der Waals surface area contributed by atoms with Crippen LogP contribution in [0.3, 0.4) is 0 Å². The van der Waals surface area contributed by atoms with E-state index in [-0.39, 0.29) is 5.56 Å². The Balaban J connectivity index is 2.21. The minimum Gasteiger partial charge on any atom is -0.493 e. The van der Waals surface area contributed by atoms with Crippen molar-refractivity contribution in [3.8, 4) is 17.6 Å². The highest BCUT2D eigenvalue weighted by atomic mass is 35.5. The zero-order valence-electron chi connectivity index (χ0n) is 12.8. The van der Waals surface area contributed by atoms with Gasteiger partial charge in [-0.1, -0.05) is 11.6 Å². The Kier molecular flexibility index (Phi) is 5.67. The van der Waals surface area contributed by atoms with Gasteiger partial charge in [-0.15, -0.1) is 0 Å². The molecular formula is C17H16ClFN2O2. The van der Waals surface area contributed by atoms with Crippen molar-refractivity contribution in [1.82, 2.24) is 0 Å². The first kappa shape index (κ1) is 16.9. The van der Waals surface area contributed by atoms with Gasteiger partial charge in [0.2, 0.25) is 0 Å². The molecule has 120 valence electrons. The van der Waals surface area contributed by atoms with E-state index >= 15 is 0 Å². The van der Waals surface area contributed by atoms with Crippen molar-refractivity contribution in [1.29, 1.82) is 5.26 Å². The summed E-state index contributed by atoms with van der Waals surface area (Å²) in [6.45, 7) is 2.75. The molecule has 2 rings (SSSR count). The van der Waals surface area contributed by atoms with Gasteiger partial charge in [0.25, 0.3) is 0 Å². The molecule has 0 unspecified atom stereocenters. The first-order valence-corrected chi connectivity index (χ1v) is 7.39. The highest BCUT2D eigenvalue weighted by Gasteiger charge is 2.12. The molecule has 0 bridgehead atoms. The molecule has 0 fully saturated rings. The molecule has 0 aliphatic carbocycles. The van der Waals surface area contributed by atoms with Gasteiger partial charge in [0.15, 0.2) is 11.5 Å². The summed E-state index contributed by atoms with van der Waals surface area (Å²) in [7, 11) is 1.54. The van der Waals surface area contributed by atoms with Crippen LogP contribution in [0.1, 0.15) is 18.1 Å². The van der Waals surface area contributed by atoms with Crippen molar-refractivity contribution in [2.24, 2.45) is 0 Å². The van der Waals surface area contributed by atoms with Crippen LogP contribution in [0.15, 0.2) is 30.3 Å². The van der Waals surface area contributed by atoms with Gasteiger partial charge in [-0.05, 0) is 42.8 Å². The van der Waals surface area contributed by atoms with Crippen molar-refractivity contribution >= 4 is 17.3 Å². The van der Waals surface area contributed by atoms with E-state index in [4.69, 9.17) is 26.3 Å². The molecule has 0 atom stereocenters. The van der Waals surface area contributed by atoms with Gasteiger partial charge in [0, 0.05) is 6.54 Å². The zero-order valence-corrected chi connectivity index (χ0v) is 13.6. The molecule has 0 saturated carbocycles. The topological polar surface area (TPSA) is 54.3 Å². The Labute approximate surface area is 139 Å². The monoisotopic (exact) mass is 334 g/mol. The third kappa shape index (κ3) is 4.05. The molecule has 2 aromatic rings. The maximum absolute atomic E-state index is 13.1. The van der Waals surface area contributed by atoms with E-state index in [0.29, 0.717) is 35.4 Å². The molecule has 0 amide bonds. The summed E-state index contributed by atoms with van der Waals surface area (Å²) < 4.78 is 23.9. The van der Waals surface area contributed by atoms with Gasteiger partial charge < -0.3 is 14.8 Å². The highest BCUT2D eigenvalue weighted by molar-refractivity contribution is 6.32. The van der Waals surface area contributed by atoms with Crippen molar-refractivity contribution in [2.45, 2.75) is 13.5 Å². The van der Waals surface area contributed by atoms with E-state index in [1.54, 1.807) is 19.2 Å². The molecule has 0 radical (unpaired) electrons. The van der Waals surface area contributed by atoms with Crippen LogP contribution in [-0.4, -0.2) is 13.7 Å². The summed E-state index contributed by atoms with van der Waals surface area (Å²) >= 11 is 6.22. The quantitative estimate of drug-likeness (QED) is 0.852. The normalized spacial score (nSPS) is 10.0. The maximum atomic E-state index is 13.1. The second-order valence-electron chi connectivity index (χ2n) is 4.70. The van der Waals surface area contributed by atoms with Crippen molar-refractivity contribution < 1.29 is 13.9 Å². The van der Waals surface area contributed by atoms with Crippen molar-refractivity contribution in [3.05, 3.63) is 52.3 Å². The van der Waals surface area contributed by atoms with Crippen LogP contribution in [0.5, 0.6) is 11.5 Å². The van der Waals surface area contributed by atoms with E-state index in [1.807, 2.05) is 13.0 Å². The Morgan fingerprint density at radius 3 is 2.74 bits per heavy atom. The lowest BCUT2D eigenvalue weighted by atomic mass is 10.1. The summed E-state index contributed by atoms with van der Waals surface area (Å²) in [5.41, 5.74) is 1.65. The number of hydrogen-bond acceptors (Lipinski definition) is 4. The van der Waals surface area contributed by atoms with Crippen LogP contribution in [0.4, 0.5) is 10.1 Å². The van der Waals surface area contributed by atoms with E-state index in [2.05, 4.69) is 5.32 Å². The predicted octanol–water partition coefficient (Wildman–Crippen LogP) is 4.37. The molecule has 23 heavy (non-hydrogen) atoms. The Morgan fingerprint density at radius 1 is 1.30 bits per heavy atom. The van der Waals surface area contributed by atoms with Gasteiger partial charge in [0.05, 0.1) is 30.0 Å². The van der Waals surface area contributed by atoms with Crippen LogP contribution >= 0.6 is 11.6 Å². The molecule has 0 saturated heterocycles. The van der Waals surface area contributed by atoms with Crippen molar-refractivity contribution in [2.75, 3.05) is 19.0 Å². The molecule has 0 heterocycles. The fourth-order valence-electron chi connectivity index (χ4n) is 2.12. The lowest BCUT2D eigenvalue weighted by Crippen LogP contribution is -2.03.